The molecule has 1 amide bonds. The first-order valence-corrected chi connectivity index (χ1v) is 14.4. The predicted molar refractivity (Wildman–Crippen MR) is 154 cm³/mol. The quantitative estimate of drug-likeness (QED) is 0.333. The number of carbonyl (C=O) groups is 2. The molecule has 2 aromatic carbocycles. The molecule has 1 heterocycles. The second kappa shape index (κ2) is 11.8. The van der Waals surface area contributed by atoms with Crippen LogP contribution in [0, 0.1) is 22.7 Å². The predicted octanol–water partition coefficient (Wildman–Crippen LogP) is 6.52. The number of nitriles is 1. The smallest absolute Gasteiger partial charge is 0.329 e. The van der Waals surface area contributed by atoms with Crippen molar-refractivity contribution in [3.63, 3.8) is 0 Å². The van der Waals surface area contributed by atoms with E-state index in [4.69, 9.17) is 32.7 Å². The number of hydrogen-bond donors (Lipinski definition) is 0. The largest absolute Gasteiger partial charge is 0.464 e. The molecule has 0 radical (unpaired) electrons. The molecule has 8 heteroatoms. The molecule has 0 bridgehead atoms. The van der Waals surface area contributed by atoms with Gasteiger partial charge in [0.05, 0.1) is 24.3 Å². The second-order valence-corrected chi connectivity index (χ2v) is 11.8. The van der Waals surface area contributed by atoms with Crippen molar-refractivity contribution < 1.29 is 19.1 Å². The number of ether oxygens (including phenoxy) is 2. The highest BCUT2D eigenvalue weighted by atomic mass is 35.5. The van der Waals surface area contributed by atoms with E-state index in [1.54, 1.807) is 24.0 Å². The van der Waals surface area contributed by atoms with Gasteiger partial charge in [0.25, 0.3) is 5.91 Å². The zero-order valence-corrected chi connectivity index (χ0v) is 24.1. The lowest BCUT2D eigenvalue weighted by Crippen LogP contribution is -2.65. The third-order valence-electron chi connectivity index (χ3n) is 8.06. The minimum atomic E-state index is -0.837. The molecule has 5 rings (SSSR count). The molecule has 2 aliphatic carbocycles. The molecule has 0 aromatic heterocycles. The Kier molecular flexibility index (Phi) is 8.37. The molecule has 40 heavy (non-hydrogen) atoms. The Labute approximate surface area is 245 Å². The maximum absolute atomic E-state index is 14.5. The fourth-order valence-electron chi connectivity index (χ4n) is 5.83. The van der Waals surface area contributed by atoms with Crippen LogP contribution in [0.15, 0.2) is 71.8 Å². The number of amides is 1. The molecule has 1 unspecified atom stereocenters. The Morgan fingerprint density at radius 3 is 2.45 bits per heavy atom. The summed E-state index contributed by atoms with van der Waals surface area (Å²) in [6.45, 7) is 4.09. The summed E-state index contributed by atoms with van der Waals surface area (Å²) in [4.78, 5) is 29.8. The van der Waals surface area contributed by atoms with E-state index in [0.717, 1.165) is 24.0 Å². The maximum Gasteiger partial charge on any atom is 0.329 e. The van der Waals surface area contributed by atoms with Crippen molar-refractivity contribution in [2.45, 2.75) is 63.8 Å². The summed E-state index contributed by atoms with van der Waals surface area (Å²) in [5.41, 5.74) is 1.70. The fraction of sp³-hybridized carbons (Fsp3) is 0.406. The maximum atomic E-state index is 14.5. The fourth-order valence-corrected chi connectivity index (χ4v) is 6.09. The molecule has 0 N–H and O–H groups in total. The number of morpholine rings is 1. The van der Waals surface area contributed by atoms with Gasteiger partial charge in [0.2, 0.25) is 0 Å². The number of esters is 1. The Hall–Kier alpha value is -3.11. The van der Waals surface area contributed by atoms with Crippen LogP contribution in [0.4, 0.5) is 0 Å². The molecule has 6 nitrogen and oxygen atoms in total. The van der Waals surface area contributed by atoms with E-state index in [-0.39, 0.29) is 24.4 Å². The molecule has 208 valence electrons. The van der Waals surface area contributed by atoms with E-state index in [9.17, 15) is 14.9 Å². The first kappa shape index (κ1) is 28.4. The summed E-state index contributed by atoms with van der Waals surface area (Å²) in [6, 6.07) is 15.5. The summed E-state index contributed by atoms with van der Waals surface area (Å²) in [5, 5.41) is 10.4. The lowest BCUT2D eigenvalue weighted by atomic mass is 9.71. The van der Waals surface area contributed by atoms with E-state index in [2.05, 4.69) is 13.0 Å². The number of nitrogens with zero attached hydrogens (tertiary/aromatic N) is 2. The lowest BCUT2D eigenvalue weighted by molar-refractivity contribution is -0.194. The van der Waals surface area contributed by atoms with Crippen molar-refractivity contribution in [3.8, 4) is 6.07 Å². The van der Waals surface area contributed by atoms with Crippen LogP contribution in [0.3, 0.4) is 0 Å². The zero-order valence-electron chi connectivity index (χ0n) is 22.6. The van der Waals surface area contributed by atoms with Gasteiger partial charge in [0.1, 0.15) is 18.2 Å². The monoisotopic (exact) mass is 578 g/mol. The van der Waals surface area contributed by atoms with Crippen LogP contribution in [0.25, 0.3) is 0 Å². The average molecular weight is 580 g/mol. The number of halogens is 2. The Morgan fingerprint density at radius 1 is 1.18 bits per heavy atom. The van der Waals surface area contributed by atoms with Crippen LogP contribution in [0.1, 0.15) is 55.9 Å². The van der Waals surface area contributed by atoms with Crippen LogP contribution in [-0.2, 0) is 25.5 Å². The highest BCUT2D eigenvalue weighted by Crippen LogP contribution is 2.50. The molecular weight excluding hydrogens is 547 g/mol. The molecule has 1 saturated heterocycles. The van der Waals surface area contributed by atoms with Gasteiger partial charge in [-0.1, -0.05) is 66.5 Å². The summed E-state index contributed by atoms with van der Waals surface area (Å²) >= 11 is 12.6. The third-order valence-corrected chi connectivity index (χ3v) is 8.59. The van der Waals surface area contributed by atoms with Crippen LogP contribution >= 0.6 is 23.2 Å². The van der Waals surface area contributed by atoms with Gasteiger partial charge in [-0.25, -0.2) is 4.79 Å². The number of benzene rings is 2. The van der Waals surface area contributed by atoms with Gasteiger partial charge in [-0.15, -0.1) is 0 Å². The van der Waals surface area contributed by atoms with Crippen LogP contribution < -0.4 is 0 Å². The van der Waals surface area contributed by atoms with Gasteiger partial charge in [0, 0.05) is 21.9 Å². The van der Waals surface area contributed by atoms with Gasteiger partial charge < -0.3 is 14.4 Å². The van der Waals surface area contributed by atoms with E-state index in [1.165, 1.54) is 0 Å². The Bertz CT molecular complexity index is 1360. The number of carbonyl (C=O) groups excluding carboxylic acids is 2. The topological polar surface area (TPSA) is 79.6 Å². The van der Waals surface area contributed by atoms with Crippen molar-refractivity contribution in [3.05, 3.63) is 93.5 Å². The van der Waals surface area contributed by atoms with Crippen molar-refractivity contribution in [1.82, 2.24) is 4.90 Å². The van der Waals surface area contributed by atoms with E-state index < -0.39 is 29.7 Å². The van der Waals surface area contributed by atoms with Crippen LogP contribution in [0.2, 0.25) is 5.02 Å². The first-order valence-electron chi connectivity index (χ1n) is 13.7. The van der Waals surface area contributed by atoms with E-state index in [0.29, 0.717) is 28.5 Å². The lowest BCUT2D eigenvalue weighted by Gasteiger charge is -2.53. The molecular formula is C32H32Cl2N2O4. The van der Waals surface area contributed by atoms with Crippen molar-refractivity contribution in [2.24, 2.45) is 11.3 Å². The highest BCUT2D eigenvalue weighted by molar-refractivity contribution is 6.31. The van der Waals surface area contributed by atoms with Crippen LogP contribution in [0.5, 0.6) is 0 Å². The molecule has 3 aliphatic rings. The zero-order chi connectivity index (χ0) is 28.4. The van der Waals surface area contributed by atoms with Gasteiger partial charge in [-0.2, -0.15) is 5.26 Å². The number of allylic oxidation sites excluding steroid dienone is 3. The Morgan fingerprint density at radius 2 is 1.88 bits per heavy atom. The van der Waals surface area contributed by atoms with Crippen molar-refractivity contribution >= 4 is 35.1 Å². The van der Waals surface area contributed by atoms with E-state index >= 15 is 0 Å². The van der Waals surface area contributed by atoms with Gasteiger partial charge in [0.15, 0.2) is 0 Å². The normalized spacial score (nSPS) is 27.1. The van der Waals surface area contributed by atoms with Crippen molar-refractivity contribution in [1.29, 1.82) is 5.26 Å². The minimum Gasteiger partial charge on any atom is -0.464 e. The molecule has 2 aromatic rings. The SMILES string of the molecule is CCOC(=O)[C@@H](C1CC1)N1C(=O)[C@H](Cc2ccc(C#N)cc2)O[C@@H](c2ccc(Cl)cc2)[C@H]1C1(C)C=CC(Cl)=CC1. The molecule has 1 saturated carbocycles. The first-order chi connectivity index (χ1) is 19.2. The number of rotatable bonds is 8. The van der Waals surface area contributed by atoms with E-state index in [1.807, 2.05) is 54.6 Å². The minimum absolute atomic E-state index is 0.0281. The summed E-state index contributed by atoms with van der Waals surface area (Å²) in [6.07, 6.45) is 7.03. The third kappa shape index (κ3) is 5.83. The van der Waals surface area contributed by atoms with Crippen LogP contribution in [-0.4, -0.2) is 41.6 Å². The second-order valence-electron chi connectivity index (χ2n) is 11.0. The Balaban J connectivity index is 1.63. The number of hydrogen-bond acceptors (Lipinski definition) is 5. The van der Waals surface area contributed by atoms with Crippen molar-refractivity contribution in [2.75, 3.05) is 6.61 Å². The average Bonchev–Trinajstić information content (AvgIpc) is 3.79. The highest BCUT2D eigenvalue weighted by Gasteiger charge is 2.56. The summed E-state index contributed by atoms with van der Waals surface area (Å²) in [5.74, 6) is -0.589. The molecule has 2 fully saturated rings. The van der Waals surface area contributed by atoms with Gasteiger partial charge in [-0.05, 0) is 73.6 Å². The molecule has 0 spiro atoms. The summed E-state index contributed by atoms with van der Waals surface area (Å²) < 4.78 is 12.3. The van der Waals surface area contributed by atoms with Gasteiger partial charge in [-0.3, -0.25) is 4.79 Å². The summed E-state index contributed by atoms with van der Waals surface area (Å²) in [7, 11) is 0. The molecule has 1 aliphatic heterocycles. The van der Waals surface area contributed by atoms with Gasteiger partial charge >= 0.3 is 5.97 Å². The molecule has 5 atom stereocenters. The standard InChI is InChI=1S/C32H32Cl2N2O4/c1-3-39-31(38)27(22-8-9-22)36-29(32(2)16-14-25(34)15-17-32)28(23-10-12-24(33)13-11-23)40-26(30(36)37)18-20-4-6-21(19-35)7-5-20/h4-7,10-16,22,26-29H,3,8-9,17-18H2,1-2H3/t26-,27+,28-,29-,32?/m0/s1.